The summed E-state index contributed by atoms with van der Waals surface area (Å²) in [5.41, 5.74) is 1.11. The molecule has 0 radical (unpaired) electrons. The zero-order valence-corrected chi connectivity index (χ0v) is 10.5. The van der Waals surface area contributed by atoms with Crippen LogP contribution >= 0.6 is 0 Å². The van der Waals surface area contributed by atoms with Crippen molar-refractivity contribution in [1.82, 2.24) is 5.32 Å². The Hall–Kier alpha value is -1.22. The highest BCUT2D eigenvalue weighted by atomic mass is 16.5. The van der Waals surface area contributed by atoms with E-state index in [1.807, 2.05) is 25.1 Å². The normalized spacial score (nSPS) is 19.2. The average Bonchev–Trinajstić information content (AvgIpc) is 2.85. The smallest absolute Gasteiger partial charge is 0.142 e. The monoisotopic (exact) mass is 234 g/mol. The molecule has 0 aliphatic carbocycles. The number of benzene rings is 1. The topological polar surface area (TPSA) is 33.3 Å². The van der Waals surface area contributed by atoms with E-state index in [0.29, 0.717) is 6.61 Å². The van der Waals surface area contributed by atoms with Gasteiger partial charge in [0.1, 0.15) is 5.75 Å². The van der Waals surface area contributed by atoms with E-state index in [2.05, 4.69) is 16.7 Å². The lowest BCUT2D eigenvalue weighted by molar-refractivity contribution is 0.341. The summed E-state index contributed by atoms with van der Waals surface area (Å²) in [7, 11) is 0. The first kappa shape index (κ1) is 12.2. The standard InChI is InChI=1S/C14H22N2O/c1-2-17-14-6-4-3-5-13(14)16-10-8-12-7-9-15-11-12/h3-6,12,15-16H,2,7-11H2,1H3. The van der Waals surface area contributed by atoms with Crippen LogP contribution in [-0.4, -0.2) is 26.2 Å². The summed E-state index contributed by atoms with van der Waals surface area (Å²) < 4.78 is 5.58. The molecule has 3 nitrogen and oxygen atoms in total. The number of para-hydroxylation sites is 2. The van der Waals surface area contributed by atoms with E-state index < -0.39 is 0 Å². The fourth-order valence-corrected chi connectivity index (χ4v) is 2.27. The Morgan fingerprint density at radius 1 is 1.41 bits per heavy atom. The van der Waals surface area contributed by atoms with Crippen LogP contribution in [0.5, 0.6) is 5.75 Å². The maximum absolute atomic E-state index is 5.58. The highest BCUT2D eigenvalue weighted by Gasteiger charge is 2.13. The molecule has 1 heterocycles. The number of rotatable bonds is 6. The molecule has 1 atom stereocenters. The van der Waals surface area contributed by atoms with E-state index in [-0.39, 0.29) is 0 Å². The van der Waals surface area contributed by atoms with Crippen LogP contribution in [0.3, 0.4) is 0 Å². The Labute approximate surface area is 104 Å². The van der Waals surface area contributed by atoms with E-state index in [9.17, 15) is 0 Å². The molecular weight excluding hydrogens is 212 g/mol. The second kappa shape index (κ2) is 6.50. The molecule has 1 unspecified atom stereocenters. The van der Waals surface area contributed by atoms with Crippen molar-refractivity contribution in [2.45, 2.75) is 19.8 Å². The Morgan fingerprint density at radius 3 is 3.06 bits per heavy atom. The molecule has 2 rings (SSSR count). The molecule has 0 aromatic heterocycles. The third-order valence-corrected chi connectivity index (χ3v) is 3.22. The van der Waals surface area contributed by atoms with Gasteiger partial charge < -0.3 is 15.4 Å². The van der Waals surface area contributed by atoms with Gasteiger partial charge in [-0.15, -0.1) is 0 Å². The zero-order chi connectivity index (χ0) is 11.9. The summed E-state index contributed by atoms with van der Waals surface area (Å²) >= 11 is 0. The van der Waals surface area contributed by atoms with Crippen LogP contribution < -0.4 is 15.4 Å². The molecule has 1 aromatic carbocycles. The average molecular weight is 234 g/mol. The van der Waals surface area contributed by atoms with Gasteiger partial charge in [0, 0.05) is 6.54 Å². The van der Waals surface area contributed by atoms with Crippen LogP contribution in [0.15, 0.2) is 24.3 Å². The van der Waals surface area contributed by atoms with Crippen molar-refractivity contribution in [3.8, 4) is 5.75 Å². The molecule has 3 heteroatoms. The predicted octanol–water partition coefficient (Wildman–Crippen LogP) is 2.50. The number of anilines is 1. The molecule has 1 aromatic rings. The fourth-order valence-electron chi connectivity index (χ4n) is 2.27. The summed E-state index contributed by atoms with van der Waals surface area (Å²) in [6.45, 7) is 6.11. The van der Waals surface area contributed by atoms with Crippen molar-refractivity contribution in [1.29, 1.82) is 0 Å². The third-order valence-electron chi connectivity index (χ3n) is 3.22. The van der Waals surface area contributed by atoms with Crippen LogP contribution in [-0.2, 0) is 0 Å². The van der Waals surface area contributed by atoms with Gasteiger partial charge in [0.2, 0.25) is 0 Å². The van der Waals surface area contributed by atoms with Gasteiger partial charge >= 0.3 is 0 Å². The van der Waals surface area contributed by atoms with Crippen molar-refractivity contribution in [3.63, 3.8) is 0 Å². The van der Waals surface area contributed by atoms with Crippen molar-refractivity contribution in [2.75, 3.05) is 31.6 Å². The van der Waals surface area contributed by atoms with Crippen LogP contribution in [0.1, 0.15) is 19.8 Å². The van der Waals surface area contributed by atoms with E-state index in [4.69, 9.17) is 4.74 Å². The lowest BCUT2D eigenvalue weighted by Crippen LogP contribution is -2.13. The molecule has 0 saturated carbocycles. The molecule has 94 valence electrons. The Balaban J connectivity index is 1.80. The highest BCUT2D eigenvalue weighted by Crippen LogP contribution is 2.24. The SMILES string of the molecule is CCOc1ccccc1NCCC1CCNC1. The largest absolute Gasteiger partial charge is 0.492 e. The summed E-state index contributed by atoms with van der Waals surface area (Å²) in [6, 6.07) is 8.15. The van der Waals surface area contributed by atoms with Crippen molar-refractivity contribution in [2.24, 2.45) is 5.92 Å². The minimum atomic E-state index is 0.714. The number of hydrogen-bond acceptors (Lipinski definition) is 3. The summed E-state index contributed by atoms with van der Waals surface area (Å²) in [6.07, 6.45) is 2.54. The van der Waals surface area contributed by atoms with Gasteiger partial charge in [-0.1, -0.05) is 12.1 Å². The minimum Gasteiger partial charge on any atom is -0.492 e. The Kier molecular flexibility index (Phi) is 4.68. The van der Waals surface area contributed by atoms with Crippen LogP contribution in [0.2, 0.25) is 0 Å². The lowest BCUT2D eigenvalue weighted by atomic mass is 10.1. The second-order valence-electron chi connectivity index (χ2n) is 4.50. The lowest BCUT2D eigenvalue weighted by Gasteiger charge is -2.13. The maximum atomic E-state index is 5.58. The van der Waals surface area contributed by atoms with E-state index >= 15 is 0 Å². The molecule has 1 aliphatic rings. The van der Waals surface area contributed by atoms with Gasteiger partial charge in [0.15, 0.2) is 0 Å². The van der Waals surface area contributed by atoms with Gasteiger partial charge in [0.05, 0.1) is 12.3 Å². The van der Waals surface area contributed by atoms with Crippen LogP contribution in [0.4, 0.5) is 5.69 Å². The number of nitrogens with one attached hydrogen (secondary N) is 2. The zero-order valence-electron chi connectivity index (χ0n) is 10.5. The van der Waals surface area contributed by atoms with Gasteiger partial charge in [-0.2, -0.15) is 0 Å². The minimum absolute atomic E-state index is 0.714. The Morgan fingerprint density at radius 2 is 2.29 bits per heavy atom. The van der Waals surface area contributed by atoms with Gasteiger partial charge in [0.25, 0.3) is 0 Å². The second-order valence-corrected chi connectivity index (χ2v) is 4.50. The summed E-state index contributed by atoms with van der Waals surface area (Å²) in [5.74, 6) is 1.79. The Bertz CT molecular complexity index is 335. The molecule has 1 aliphatic heterocycles. The van der Waals surface area contributed by atoms with Gasteiger partial charge in [-0.05, 0) is 50.9 Å². The molecule has 1 fully saturated rings. The first-order valence-electron chi connectivity index (χ1n) is 6.56. The molecule has 0 bridgehead atoms. The van der Waals surface area contributed by atoms with Crippen LogP contribution in [0, 0.1) is 5.92 Å². The van der Waals surface area contributed by atoms with E-state index in [0.717, 1.165) is 23.9 Å². The first-order chi connectivity index (χ1) is 8.40. The van der Waals surface area contributed by atoms with Crippen molar-refractivity contribution in [3.05, 3.63) is 24.3 Å². The van der Waals surface area contributed by atoms with E-state index in [1.54, 1.807) is 0 Å². The van der Waals surface area contributed by atoms with Gasteiger partial charge in [-0.3, -0.25) is 0 Å². The molecule has 0 amide bonds. The maximum Gasteiger partial charge on any atom is 0.142 e. The van der Waals surface area contributed by atoms with E-state index in [1.165, 1.54) is 25.9 Å². The third kappa shape index (κ3) is 3.63. The predicted molar refractivity (Wildman–Crippen MR) is 71.7 cm³/mol. The van der Waals surface area contributed by atoms with Crippen molar-refractivity contribution >= 4 is 5.69 Å². The summed E-state index contributed by atoms with van der Waals surface area (Å²) in [4.78, 5) is 0. The quantitative estimate of drug-likeness (QED) is 0.793. The molecule has 17 heavy (non-hydrogen) atoms. The molecule has 0 spiro atoms. The molecule has 1 saturated heterocycles. The fraction of sp³-hybridized carbons (Fsp3) is 0.571. The number of ether oxygens (including phenoxy) is 1. The number of hydrogen-bond donors (Lipinski definition) is 2. The van der Waals surface area contributed by atoms with Gasteiger partial charge in [-0.25, -0.2) is 0 Å². The van der Waals surface area contributed by atoms with Crippen LogP contribution in [0.25, 0.3) is 0 Å². The molecule has 2 N–H and O–H groups in total. The molecular formula is C14H22N2O. The van der Waals surface area contributed by atoms with Crippen molar-refractivity contribution < 1.29 is 4.74 Å². The summed E-state index contributed by atoms with van der Waals surface area (Å²) in [5, 5.41) is 6.87. The highest BCUT2D eigenvalue weighted by molar-refractivity contribution is 5.56. The first-order valence-corrected chi connectivity index (χ1v) is 6.56.